The van der Waals surface area contributed by atoms with E-state index in [2.05, 4.69) is 4.99 Å². The maximum atomic E-state index is 8.63. The molecule has 1 aliphatic heterocycles. The van der Waals surface area contributed by atoms with Gasteiger partial charge in [-0.2, -0.15) is 0 Å². The molecule has 0 bridgehead atoms. The van der Waals surface area contributed by atoms with Crippen molar-refractivity contribution in [2.24, 2.45) is 4.99 Å². The molecule has 1 N–H and O–H groups in total. The second kappa shape index (κ2) is 1.74. The smallest absolute Gasteiger partial charge is 0.170 e. The molecule has 0 aromatic rings. The van der Waals surface area contributed by atoms with Crippen molar-refractivity contribution in [1.82, 2.24) is 0 Å². The van der Waals surface area contributed by atoms with Gasteiger partial charge in [-0.05, 0) is 6.92 Å². The third-order valence-electron chi connectivity index (χ3n) is 1.17. The molecule has 0 aromatic heterocycles. The van der Waals surface area contributed by atoms with Gasteiger partial charge in [0.25, 0.3) is 0 Å². The fourth-order valence-corrected chi connectivity index (χ4v) is 0.505. The molecule has 0 spiro atoms. The van der Waals surface area contributed by atoms with Crippen LogP contribution < -0.4 is 0 Å². The van der Waals surface area contributed by atoms with Crippen molar-refractivity contribution in [2.45, 2.75) is 12.5 Å². The zero-order chi connectivity index (χ0) is 6.04. The number of nitrogens with zero attached hydrogens (tertiary/aromatic N) is 1. The Labute approximate surface area is 48.0 Å². The summed E-state index contributed by atoms with van der Waals surface area (Å²) in [6.07, 6.45) is 1.39. The first-order valence-electron chi connectivity index (χ1n) is 2.53. The molecule has 0 saturated carbocycles. The van der Waals surface area contributed by atoms with Crippen molar-refractivity contribution >= 4 is 6.40 Å². The summed E-state index contributed by atoms with van der Waals surface area (Å²) in [4.78, 5) is 3.89. The molecule has 1 rings (SSSR count). The van der Waals surface area contributed by atoms with Crippen molar-refractivity contribution in [1.29, 1.82) is 0 Å². The van der Waals surface area contributed by atoms with Crippen molar-refractivity contribution in [3.63, 3.8) is 0 Å². The van der Waals surface area contributed by atoms with Gasteiger partial charge in [-0.3, -0.25) is 0 Å². The monoisotopic (exact) mass is 115 g/mol. The molecule has 1 unspecified atom stereocenters. The van der Waals surface area contributed by atoms with Crippen LogP contribution in [0, 0.1) is 0 Å². The van der Waals surface area contributed by atoms with E-state index in [9.17, 15) is 0 Å². The van der Waals surface area contributed by atoms with Crippen LogP contribution in [0.2, 0.25) is 0 Å². The zero-order valence-electron chi connectivity index (χ0n) is 4.79. The van der Waals surface area contributed by atoms with Crippen LogP contribution in [0.4, 0.5) is 0 Å². The van der Waals surface area contributed by atoms with Gasteiger partial charge in [0.05, 0.1) is 6.61 Å². The molecule has 1 aliphatic rings. The number of aliphatic hydroxyl groups excluding tert-OH is 1. The molecule has 1 heterocycles. The van der Waals surface area contributed by atoms with Gasteiger partial charge in [0.15, 0.2) is 6.40 Å². The molecular formula is C5H9NO2. The van der Waals surface area contributed by atoms with Crippen LogP contribution in [-0.4, -0.2) is 30.3 Å². The standard InChI is InChI=1S/C5H9NO2/c1-5(2-7)3-8-4-6-5/h4,7H,2-3H2,1H3. The number of hydrogen-bond acceptors (Lipinski definition) is 3. The van der Waals surface area contributed by atoms with Gasteiger partial charge in [-0.1, -0.05) is 0 Å². The number of rotatable bonds is 1. The van der Waals surface area contributed by atoms with Gasteiger partial charge in [-0.25, -0.2) is 4.99 Å². The van der Waals surface area contributed by atoms with Gasteiger partial charge < -0.3 is 9.84 Å². The van der Waals surface area contributed by atoms with Gasteiger partial charge in [-0.15, -0.1) is 0 Å². The topological polar surface area (TPSA) is 41.8 Å². The lowest BCUT2D eigenvalue weighted by Gasteiger charge is -2.12. The molecule has 46 valence electrons. The second-order valence-electron chi connectivity index (χ2n) is 2.20. The summed E-state index contributed by atoms with van der Waals surface area (Å²) in [5.74, 6) is 0. The van der Waals surface area contributed by atoms with Crippen molar-refractivity contribution in [2.75, 3.05) is 13.2 Å². The van der Waals surface area contributed by atoms with Crippen LogP contribution in [0.25, 0.3) is 0 Å². The lowest BCUT2D eigenvalue weighted by molar-refractivity contribution is 0.171. The van der Waals surface area contributed by atoms with Gasteiger partial charge in [0.2, 0.25) is 0 Å². The van der Waals surface area contributed by atoms with Crippen LogP contribution >= 0.6 is 0 Å². The minimum absolute atomic E-state index is 0.0590. The highest BCUT2D eigenvalue weighted by molar-refractivity contribution is 5.50. The molecule has 0 saturated heterocycles. The van der Waals surface area contributed by atoms with E-state index in [1.807, 2.05) is 6.92 Å². The Kier molecular flexibility index (Phi) is 1.21. The van der Waals surface area contributed by atoms with E-state index in [1.54, 1.807) is 0 Å². The Balaban J connectivity index is 2.54. The molecule has 1 atom stereocenters. The number of aliphatic hydroxyl groups is 1. The summed E-state index contributed by atoms with van der Waals surface area (Å²) in [6, 6.07) is 0. The van der Waals surface area contributed by atoms with Crippen molar-refractivity contribution in [3.8, 4) is 0 Å². The predicted octanol–water partition coefficient (Wildman–Crippen LogP) is -0.204. The van der Waals surface area contributed by atoms with E-state index in [0.29, 0.717) is 6.61 Å². The highest BCUT2D eigenvalue weighted by atomic mass is 16.5. The molecule has 0 aliphatic carbocycles. The Hall–Kier alpha value is -0.570. The highest BCUT2D eigenvalue weighted by Crippen LogP contribution is 2.12. The molecule has 0 amide bonds. The molecule has 8 heavy (non-hydrogen) atoms. The first-order valence-corrected chi connectivity index (χ1v) is 2.53. The summed E-state index contributed by atoms with van der Waals surface area (Å²) in [5, 5.41) is 8.63. The van der Waals surface area contributed by atoms with E-state index >= 15 is 0 Å². The van der Waals surface area contributed by atoms with Gasteiger partial charge in [0.1, 0.15) is 12.1 Å². The molecular weight excluding hydrogens is 106 g/mol. The van der Waals surface area contributed by atoms with E-state index in [-0.39, 0.29) is 12.1 Å². The van der Waals surface area contributed by atoms with Crippen LogP contribution in [-0.2, 0) is 4.74 Å². The number of aliphatic imine (C=N–C) groups is 1. The van der Waals surface area contributed by atoms with Crippen LogP contribution in [0.1, 0.15) is 6.92 Å². The molecule has 0 aromatic carbocycles. The second-order valence-corrected chi connectivity index (χ2v) is 2.20. The third-order valence-corrected chi connectivity index (χ3v) is 1.17. The molecule has 3 nitrogen and oxygen atoms in total. The Morgan fingerprint density at radius 1 is 2.00 bits per heavy atom. The third kappa shape index (κ3) is 0.816. The minimum Gasteiger partial charge on any atom is -0.481 e. The maximum absolute atomic E-state index is 8.63. The summed E-state index contributed by atoms with van der Waals surface area (Å²) in [5.41, 5.74) is -0.361. The first kappa shape index (κ1) is 5.56. The van der Waals surface area contributed by atoms with Crippen LogP contribution in [0.15, 0.2) is 4.99 Å². The highest BCUT2D eigenvalue weighted by Gasteiger charge is 2.25. The first-order chi connectivity index (χ1) is 3.77. The lowest BCUT2D eigenvalue weighted by atomic mass is 10.1. The molecule has 0 fully saturated rings. The minimum atomic E-state index is -0.361. The maximum Gasteiger partial charge on any atom is 0.170 e. The summed E-state index contributed by atoms with van der Waals surface area (Å²) >= 11 is 0. The van der Waals surface area contributed by atoms with Crippen molar-refractivity contribution in [3.05, 3.63) is 0 Å². The summed E-state index contributed by atoms with van der Waals surface area (Å²) < 4.78 is 4.80. The van der Waals surface area contributed by atoms with E-state index in [0.717, 1.165) is 0 Å². The largest absolute Gasteiger partial charge is 0.481 e. The number of hydrogen-bond donors (Lipinski definition) is 1. The lowest BCUT2D eigenvalue weighted by Crippen LogP contribution is -2.28. The van der Waals surface area contributed by atoms with E-state index in [4.69, 9.17) is 9.84 Å². The molecule has 3 heteroatoms. The fourth-order valence-electron chi connectivity index (χ4n) is 0.505. The average Bonchev–Trinajstić information content (AvgIpc) is 2.17. The van der Waals surface area contributed by atoms with Crippen molar-refractivity contribution < 1.29 is 9.84 Å². The predicted molar refractivity (Wildman–Crippen MR) is 29.9 cm³/mol. The Bertz CT molecular complexity index is 113. The van der Waals surface area contributed by atoms with Gasteiger partial charge >= 0.3 is 0 Å². The zero-order valence-corrected chi connectivity index (χ0v) is 4.79. The Morgan fingerprint density at radius 2 is 2.75 bits per heavy atom. The number of ether oxygens (including phenoxy) is 1. The quantitative estimate of drug-likeness (QED) is 0.514. The summed E-state index contributed by atoms with van der Waals surface area (Å²) in [7, 11) is 0. The molecule has 0 radical (unpaired) electrons. The Morgan fingerprint density at radius 3 is 3.00 bits per heavy atom. The summed E-state index contributed by atoms with van der Waals surface area (Å²) in [6.45, 7) is 2.41. The van der Waals surface area contributed by atoms with E-state index < -0.39 is 0 Å². The van der Waals surface area contributed by atoms with Crippen LogP contribution in [0.3, 0.4) is 0 Å². The average molecular weight is 115 g/mol. The van der Waals surface area contributed by atoms with Gasteiger partial charge in [0, 0.05) is 0 Å². The normalized spacial score (nSPS) is 35.2. The van der Waals surface area contributed by atoms with E-state index in [1.165, 1.54) is 6.40 Å². The SMILES string of the molecule is CC1(CO)COC=N1. The van der Waals surface area contributed by atoms with Crippen LogP contribution in [0.5, 0.6) is 0 Å². The fraction of sp³-hybridized carbons (Fsp3) is 0.800.